The van der Waals surface area contributed by atoms with E-state index in [-0.39, 0.29) is 12.0 Å². The number of anilines is 1. The fraction of sp³-hybridized carbons (Fsp3) is 0.542. The minimum atomic E-state index is -0.541. The van der Waals surface area contributed by atoms with E-state index in [2.05, 4.69) is 9.97 Å². The number of hydrogen-bond acceptors (Lipinski definition) is 8. The molecular formula is C24H31FN4O5. The Morgan fingerprint density at radius 2 is 1.85 bits per heavy atom. The predicted molar refractivity (Wildman–Crippen MR) is 123 cm³/mol. The van der Waals surface area contributed by atoms with E-state index in [1.165, 1.54) is 19.2 Å². The summed E-state index contributed by atoms with van der Waals surface area (Å²) in [6.45, 7) is 8.33. The van der Waals surface area contributed by atoms with Gasteiger partial charge >= 0.3 is 6.09 Å². The monoisotopic (exact) mass is 474 g/mol. The Balaban J connectivity index is 1.44. The van der Waals surface area contributed by atoms with E-state index in [0.29, 0.717) is 63.2 Å². The Labute approximate surface area is 198 Å². The topological polar surface area (TPSA) is 86.3 Å². The van der Waals surface area contributed by atoms with Crippen LogP contribution in [0.3, 0.4) is 0 Å². The summed E-state index contributed by atoms with van der Waals surface area (Å²) in [4.78, 5) is 25.3. The summed E-state index contributed by atoms with van der Waals surface area (Å²) in [6, 6.07) is 7.41. The lowest BCUT2D eigenvalue weighted by atomic mass is 9.89. The van der Waals surface area contributed by atoms with E-state index < -0.39 is 17.0 Å². The van der Waals surface area contributed by atoms with Gasteiger partial charge in [0.05, 0.1) is 31.9 Å². The molecule has 3 heterocycles. The standard InChI is InChI=1S/C24H31FN4O5/c1-23(2,3)34-22(30)29-12-13-32-24(16-29)8-10-28(11-9-24)21-26-19(31-4)15-20(27-21)33-18-7-5-6-17(25)14-18/h5-7,14-15H,8-13,16H2,1-4H3. The van der Waals surface area contributed by atoms with Gasteiger partial charge < -0.3 is 28.7 Å². The molecule has 2 saturated heterocycles. The molecule has 0 unspecified atom stereocenters. The van der Waals surface area contributed by atoms with Gasteiger partial charge in [0.25, 0.3) is 0 Å². The van der Waals surface area contributed by atoms with Gasteiger partial charge in [-0.05, 0) is 45.7 Å². The van der Waals surface area contributed by atoms with Gasteiger partial charge in [0.2, 0.25) is 17.7 Å². The van der Waals surface area contributed by atoms with Crippen molar-refractivity contribution >= 4 is 12.0 Å². The van der Waals surface area contributed by atoms with Crippen molar-refractivity contribution in [2.75, 3.05) is 44.8 Å². The van der Waals surface area contributed by atoms with Crippen LogP contribution in [-0.2, 0) is 9.47 Å². The fourth-order valence-corrected chi connectivity index (χ4v) is 4.09. The zero-order valence-electron chi connectivity index (χ0n) is 20.0. The quantitative estimate of drug-likeness (QED) is 0.657. The van der Waals surface area contributed by atoms with Gasteiger partial charge in [0.15, 0.2) is 0 Å². The lowest BCUT2D eigenvalue weighted by molar-refractivity contribution is -0.119. The van der Waals surface area contributed by atoms with Crippen molar-refractivity contribution in [2.45, 2.75) is 44.8 Å². The molecule has 0 bridgehead atoms. The van der Waals surface area contributed by atoms with Crippen molar-refractivity contribution in [3.63, 3.8) is 0 Å². The first-order chi connectivity index (χ1) is 16.1. The van der Waals surface area contributed by atoms with E-state index in [0.717, 1.165) is 0 Å². The van der Waals surface area contributed by atoms with Crippen LogP contribution in [0.2, 0.25) is 0 Å². The Kier molecular flexibility index (Phi) is 6.79. The second-order valence-corrected chi connectivity index (χ2v) is 9.53. The molecule has 0 saturated carbocycles. The highest BCUT2D eigenvalue weighted by molar-refractivity contribution is 5.68. The first-order valence-corrected chi connectivity index (χ1v) is 11.4. The molecule has 1 aromatic heterocycles. The molecule has 34 heavy (non-hydrogen) atoms. The van der Waals surface area contributed by atoms with Crippen molar-refractivity contribution < 1.29 is 28.1 Å². The molecule has 184 valence electrons. The molecule has 10 heteroatoms. The average molecular weight is 475 g/mol. The van der Waals surface area contributed by atoms with Crippen LogP contribution in [0.25, 0.3) is 0 Å². The Bertz CT molecular complexity index is 1020. The molecule has 9 nitrogen and oxygen atoms in total. The van der Waals surface area contributed by atoms with Gasteiger partial charge in [-0.1, -0.05) is 6.07 Å². The average Bonchev–Trinajstić information content (AvgIpc) is 2.78. The lowest BCUT2D eigenvalue weighted by Gasteiger charge is -2.47. The SMILES string of the molecule is COc1cc(Oc2cccc(F)c2)nc(N2CCC3(CC2)CN(C(=O)OC(C)(C)C)CCO3)n1. The van der Waals surface area contributed by atoms with Gasteiger partial charge in [0, 0.05) is 25.7 Å². The van der Waals surface area contributed by atoms with Crippen molar-refractivity contribution in [3.05, 3.63) is 36.1 Å². The Morgan fingerprint density at radius 3 is 2.53 bits per heavy atom. The first-order valence-electron chi connectivity index (χ1n) is 11.4. The maximum atomic E-state index is 13.5. The second-order valence-electron chi connectivity index (χ2n) is 9.53. The van der Waals surface area contributed by atoms with Crippen molar-refractivity contribution in [2.24, 2.45) is 0 Å². The van der Waals surface area contributed by atoms with Crippen molar-refractivity contribution in [1.82, 2.24) is 14.9 Å². The van der Waals surface area contributed by atoms with Gasteiger partial charge in [-0.15, -0.1) is 0 Å². The van der Waals surface area contributed by atoms with Crippen LogP contribution in [0.5, 0.6) is 17.5 Å². The minimum absolute atomic E-state index is 0.262. The molecule has 2 aliphatic rings. The van der Waals surface area contributed by atoms with Crippen LogP contribution in [0, 0.1) is 5.82 Å². The fourth-order valence-electron chi connectivity index (χ4n) is 4.09. The molecule has 0 atom stereocenters. The predicted octanol–water partition coefficient (Wildman–Crippen LogP) is 4.02. The Morgan fingerprint density at radius 1 is 1.12 bits per heavy atom. The summed E-state index contributed by atoms with van der Waals surface area (Å²) in [5.41, 5.74) is -0.966. The number of morpholine rings is 1. The number of halogens is 1. The molecule has 0 aliphatic carbocycles. The van der Waals surface area contributed by atoms with Crippen LogP contribution in [-0.4, -0.2) is 72.1 Å². The number of ether oxygens (including phenoxy) is 4. The highest BCUT2D eigenvalue weighted by Crippen LogP contribution is 2.33. The Hall–Kier alpha value is -3.14. The number of carbonyl (C=O) groups is 1. The third-order valence-electron chi connectivity index (χ3n) is 5.75. The number of methoxy groups -OCH3 is 1. The number of rotatable bonds is 4. The summed E-state index contributed by atoms with van der Waals surface area (Å²) in [6.07, 6.45) is 1.09. The summed E-state index contributed by atoms with van der Waals surface area (Å²) in [5, 5.41) is 0. The van der Waals surface area contributed by atoms with Crippen LogP contribution >= 0.6 is 0 Å². The first kappa shape index (κ1) is 24.0. The molecule has 2 aromatic rings. The van der Waals surface area contributed by atoms with E-state index in [1.807, 2.05) is 25.7 Å². The molecule has 1 spiro atoms. The number of piperidine rings is 1. The van der Waals surface area contributed by atoms with E-state index >= 15 is 0 Å². The van der Waals surface area contributed by atoms with Crippen molar-refractivity contribution in [1.29, 1.82) is 0 Å². The zero-order chi connectivity index (χ0) is 24.3. The molecule has 1 amide bonds. The van der Waals surface area contributed by atoms with Crippen molar-refractivity contribution in [3.8, 4) is 17.5 Å². The molecular weight excluding hydrogens is 443 g/mol. The molecule has 2 aliphatic heterocycles. The maximum Gasteiger partial charge on any atom is 0.410 e. The van der Waals surface area contributed by atoms with Gasteiger partial charge in [-0.2, -0.15) is 9.97 Å². The van der Waals surface area contributed by atoms with E-state index in [1.54, 1.807) is 23.1 Å². The molecule has 4 rings (SSSR count). The highest BCUT2D eigenvalue weighted by atomic mass is 19.1. The zero-order valence-corrected chi connectivity index (χ0v) is 20.0. The van der Waals surface area contributed by atoms with Crippen LogP contribution < -0.4 is 14.4 Å². The molecule has 1 aromatic carbocycles. The van der Waals surface area contributed by atoms with E-state index in [9.17, 15) is 9.18 Å². The molecule has 2 fully saturated rings. The van der Waals surface area contributed by atoms with Crippen LogP contribution in [0.15, 0.2) is 30.3 Å². The third-order valence-corrected chi connectivity index (χ3v) is 5.75. The summed E-state index contributed by atoms with van der Waals surface area (Å²) in [5.74, 6) is 1.01. The van der Waals surface area contributed by atoms with Gasteiger partial charge in [-0.25, -0.2) is 9.18 Å². The number of nitrogens with zero attached hydrogens (tertiary/aromatic N) is 4. The number of carbonyl (C=O) groups excluding carboxylic acids is 1. The summed E-state index contributed by atoms with van der Waals surface area (Å²) >= 11 is 0. The number of benzene rings is 1. The highest BCUT2D eigenvalue weighted by Gasteiger charge is 2.42. The third kappa shape index (κ3) is 5.85. The number of amides is 1. The number of hydrogen-bond donors (Lipinski definition) is 0. The maximum absolute atomic E-state index is 13.5. The summed E-state index contributed by atoms with van der Waals surface area (Å²) < 4.78 is 36.3. The normalized spacial score (nSPS) is 18.0. The lowest BCUT2D eigenvalue weighted by Crippen LogP contribution is -2.58. The molecule has 0 N–H and O–H groups in total. The van der Waals surface area contributed by atoms with Gasteiger partial charge in [0.1, 0.15) is 17.2 Å². The minimum Gasteiger partial charge on any atom is -0.481 e. The summed E-state index contributed by atoms with van der Waals surface area (Å²) in [7, 11) is 1.52. The second kappa shape index (κ2) is 9.61. The van der Waals surface area contributed by atoms with Crippen LogP contribution in [0.1, 0.15) is 33.6 Å². The molecule has 0 radical (unpaired) electrons. The van der Waals surface area contributed by atoms with Crippen LogP contribution in [0.4, 0.5) is 15.1 Å². The number of aromatic nitrogens is 2. The van der Waals surface area contributed by atoms with Gasteiger partial charge in [-0.3, -0.25) is 0 Å². The largest absolute Gasteiger partial charge is 0.481 e. The smallest absolute Gasteiger partial charge is 0.410 e. The van der Waals surface area contributed by atoms with E-state index in [4.69, 9.17) is 18.9 Å².